The van der Waals surface area contributed by atoms with E-state index in [2.05, 4.69) is 33.0 Å². The zero-order valence-electron chi connectivity index (χ0n) is 19.7. The Bertz CT molecular complexity index is 937. The molecule has 1 saturated heterocycles. The fourth-order valence-corrected chi connectivity index (χ4v) is 5.41. The molecule has 5 nitrogen and oxygen atoms in total. The van der Waals surface area contributed by atoms with Crippen LogP contribution in [0.2, 0.25) is 0 Å². The summed E-state index contributed by atoms with van der Waals surface area (Å²) < 4.78 is 5.76. The molecule has 172 valence electrons. The third-order valence-corrected chi connectivity index (χ3v) is 6.48. The minimum Gasteiger partial charge on any atom is -0.492 e. The maximum absolute atomic E-state index is 12.7. The predicted octanol–water partition coefficient (Wildman–Crippen LogP) is 6.26. The summed E-state index contributed by atoms with van der Waals surface area (Å²) in [5.74, 6) is 1.57. The summed E-state index contributed by atoms with van der Waals surface area (Å²) in [5.41, 5.74) is 2.80. The zero-order chi connectivity index (χ0) is 23.3. The number of rotatable bonds is 8. The smallest absolute Gasteiger partial charge is 0.238 e. The van der Waals surface area contributed by atoms with Gasteiger partial charge >= 0.3 is 0 Å². The normalized spacial score (nSPS) is 17.3. The minimum atomic E-state index is -0.124. The molecule has 0 radical (unpaired) electrons. The number of hydrogen-bond donors (Lipinski definition) is 1. The van der Waals surface area contributed by atoms with Gasteiger partial charge < -0.3 is 10.1 Å². The topological polar surface area (TPSA) is 58.6 Å². The number of anilines is 2. The third kappa shape index (κ3) is 6.28. The van der Waals surface area contributed by atoms with Crippen LogP contribution in [0, 0.1) is 11.3 Å². The third-order valence-electron chi connectivity index (χ3n) is 5.27. The number of benzene rings is 2. The lowest BCUT2D eigenvalue weighted by molar-refractivity contribution is -0.117. The second kappa shape index (κ2) is 10.4. The first-order chi connectivity index (χ1) is 15.2. The number of ether oxygens (including phenoxy) is 1. The Hall–Kier alpha value is -2.47. The average Bonchev–Trinajstić information content (AvgIpc) is 3.09. The maximum Gasteiger partial charge on any atom is 0.238 e. The first-order valence-electron chi connectivity index (χ1n) is 11.2. The van der Waals surface area contributed by atoms with Crippen LogP contribution in [0.3, 0.4) is 0 Å². The Morgan fingerprint density at radius 2 is 1.88 bits per heavy atom. The Labute approximate surface area is 195 Å². The van der Waals surface area contributed by atoms with E-state index in [4.69, 9.17) is 4.74 Å². The summed E-state index contributed by atoms with van der Waals surface area (Å²) in [5, 5.41) is 2.88. The maximum atomic E-state index is 12.7. The number of carbonyl (C=O) groups is 2. The zero-order valence-corrected chi connectivity index (χ0v) is 20.5. The highest BCUT2D eigenvalue weighted by Gasteiger charge is 2.35. The SMILES string of the molecule is CCOc1ccccc1N1C(=O)CSC1c1ccc(NC(=O)CC(C)CC(C)(C)C)cc1. The standard InChI is InChI=1S/C26H34N2O3S/c1-6-31-22-10-8-7-9-21(22)28-24(30)17-32-25(28)19-11-13-20(14-12-19)27-23(29)15-18(2)16-26(3,4)5/h7-14,18,25H,6,15-17H2,1-5H3,(H,27,29). The Morgan fingerprint density at radius 3 is 2.53 bits per heavy atom. The molecule has 3 rings (SSSR count). The molecule has 0 saturated carbocycles. The van der Waals surface area contributed by atoms with Gasteiger partial charge in [-0.3, -0.25) is 14.5 Å². The molecule has 0 aliphatic carbocycles. The molecule has 1 aliphatic rings. The van der Waals surface area contributed by atoms with Crippen molar-refractivity contribution in [2.75, 3.05) is 22.6 Å². The van der Waals surface area contributed by atoms with Gasteiger partial charge in [0.2, 0.25) is 11.8 Å². The summed E-state index contributed by atoms with van der Waals surface area (Å²) >= 11 is 1.60. The van der Waals surface area contributed by atoms with Gasteiger partial charge in [-0.05, 0) is 54.5 Å². The fraction of sp³-hybridized carbons (Fsp3) is 0.462. The van der Waals surface area contributed by atoms with Gasteiger partial charge in [0.1, 0.15) is 11.1 Å². The summed E-state index contributed by atoms with van der Waals surface area (Å²) in [6.07, 6.45) is 1.51. The number of amides is 2. The molecule has 1 heterocycles. The van der Waals surface area contributed by atoms with Gasteiger partial charge in [-0.25, -0.2) is 0 Å². The van der Waals surface area contributed by atoms with Crippen molar-refractivity contribution in [1.82, 2.24) is 0 Å². The number of nitrogens with one attached hydrogen (secondary N) is 1. The number of hydrogen-bond acceptors (Lipinski definition) is 4. The molecule has 0 aromatic heterocycles. The quantitative estimate of drug-likeness (QED) is 0.511. The molecule has 0 bridgehead atoms. The Kier molecular flexibility index (Phi) is 7.88. The van der Waals surface area contributed by atoms with Crippen LogP contribution in [0.1, 0.15) is 58.4 Å². The number of nitrogens with zero attached hydrogens (tertiary/aromatic N) is 1. The molecular weight excluding hydrogens is 420 g/mol. The van der Waals surface area contributed by atoms with E-state index in [1.807, 2.05) is 60.4 Å². The minimum absolute atomic E-state index is 0.0344. The van der Waals surface area contributed by atoms with Crippen LogP contribution in [-0.2, 0) is 9.59 Å². The number of carbonyl (C=O) groups excluding carboxylic acids is 2. The van der Waals surface area contributed by atoms with Crippen LogP contribution in [-0.4, -0.2) is 24.2 Å². The van der Waals surface area contributed by atoms with Crippen molar-refractivity contribution in [2.45, 2.75) is 52.8 Å². The van der Waals surface area contributed by atoms with Crippen molar-refractivity contribution in [3.8, 4) is 5.75 Å². The second-order valence-corrected chi connectivity index (χ2v) is 10.6. The highest BCUT2D eigenvalue weighted by atomic mass is 32.2. The molecule has 0 spiro atoms. The highest BCUT2D eigenvalue weighted by Crippen LogP contribution is 2.44. The molecule has 1 fully saturated rings. The second-order valence-electron chi connectivity index (χ2n) is 9.57. The van der Waals surface area contributed by atoms with Crippen molar-refractivity contribution in [2.24, 2.45) is 11.3 Å². The fourth-order valence-electron chi connectivity index (χ4n) is 4.24. The van der Waals surface area contributed by atoms with Gasteiger partial charge in [0.15, 0.2) is 0 Å². The van der Waals surface area contributed by atoms with Gasteiger partial charge in [0.25, 0.3) is 0 Å². The van der Waals surface area contributed by atoms with Crippen LogP contribution < -0.4 is 15.0 Å². The van der Waals surface area contributed by atoms with E-state index in [1.165, 1.54) is 0 Å². The van der Waals surface area contributed by atoms with Gasteiger partial charge in [-0.2, -0.15) is 0 Å². The Morgan fingerprint density at radius 1 is 1.19 bits per heavy atom. The molecule has 2 amide bonds. The van der Waals surface area contributed by atoms with Gasteiger partial charge in [-0.1, -0.05) is 52.0 Å². The van der Waals surface area contributed by atoms with E-state index in [-0.39, 0.29) is 22.6 Å². The number of thioether (sulfide) groups is 1. The number of para-hydroxylation sites is 2. The first kappa shape index (κ1) is 24.2. The molecule has 32 heavy (non-hydrogen) atoms. The van der Waals surface area contributed by atoms with E-state index >= 15 is 0 Å². The van der Waals surface area contributed by atoms with Gasteiger partial charge in [-0.15, -0.1) is 11.8 Å². The van der Waals surface area contributed by atoms with E-state index < -0.39 is 0 Å². The van der Waals surface area contributed by atoms with Crippen molar-refractivity contribution in [1.29, 1.82) is 0 Å². The highest BCUT2D eigenvalue weighted by molar-refractivity contribution is 8.00. The van der Waals surface area contributed by atoms with Gasteiger partial charge in [0, 0.05) is 12.1 Å². The summed E-state index contributed by atoms with van der Waals surface area (Å²) in [6, 6.07) is 15.5. The van der Waals surface area contributed by atoms with Gasteiger partial charge in [0.05, 0.1) is 18.0 Å². The summed E-state index contributed by atoms with van der Waals surface area (Å²) in [6.45, 7) is 11.2. The van der Waals surface area contributed by atoms with Crippen LogP contribution in [0.4, 0.5) is 11.4 Å². The molecule has 2 aromatic carbocycles. The van der Waals surface area contributed by atoms with Crippen LogP contribution in [0.25, 0.3) is 0 Å². The monoisotopic (exact) mass is 454 g/mol. The van der Waals surface area contributed by atoms with Crippen LogP contribution >= 0.6 is 11.8 Å². The summed E-state index contributed by atoms with van der Waals surface area (Å²) in [4.78, 5) is 27.0. The molecule has 2 atom stereocenters. The van der Waals surface area contributed by atoms with E-state index in [0.717, 1.165) is 23.4 Å². The van der Waals surface area contributed by atoms with E-state index in [0.29, 0.717) is 30.4 Å². The largest absolute Gasteiger partial charge is 0.492 e. The molecule has 1 N–H and O–H groups in total. The molecule has 2 unspecified atom stereocenters. The molecule has 2 aromatic rings. The molecular formula is C26H34N2O3S. The van der Waals surface area contributed by atoms with E-state index in [9.17, 15) is 9.59 Å². The van der Waals surface area contributed by atoms with Crippen molar-refractivity contribution in [3.63, 3.8) is 0 Å². The molecule has 1 aliphatic heterocycles. The van der Waals surface area contributed by atoms with Crippen LogP contribution in [0.15, 0.2) is 48.5 Å². The van der Waals surface area contributed by atoms with Crippen molar-refractivity contribution in [3.05, 3.63) is 54.1 Å². The first-order valence-corrected chi connectivity index (χ1v) is 12.3. The lowest BCUT2D eigenvalue weighted by Crippen LogP contribution is -2.28. The van der Waals surface area contributed by atoms with E-state index in [1.54, 1.807) is 11.8 Å². The lowest BCUT2D eigenvalue weighted by Gasteiger charge is -2.26. The molecule has 6 heteroatoms. The van der Waals surface area contributed by atoms with Crippen molar-refractivity contribution < 1.29 is 14.3 Å². The predicted molar refractivity (Wildman–Crippen MR) is 133 cm³/mol. The van der Waals surface area contributed by atoms with Crippen molar-refractivity contribution >= 4 is 35.0 Å². The Balaban J connectivity index is 1.70. The lowest BCUT2D eigenvalue weighted by atomic mass is 9.84. The average molecular weight is 455 g/mol. The summed E-state index contributed by atoms with van der Waals surface area (Å²) in [7, 11) is 0. The van der Waals surface area contributed by atoms with Crippen LogP contribution in [0.5, 0.6) is 5.75 Å².